The van der Waals surface area contributed by atoms with E-state index in [1.807, 2.05) is 0 Å². The molecule has 0 aromatic heterocycles. The molecule has 1 aromatic rings. The smallest absolute Gasteiger partial charge is 0.466 e. The van der Waals surface area contributed by atoms with E-state index in [0.29, 0.717) is 29.6 Å². The molecule has 3 aliphatic rings. The van der Waals surface area contributed by atoms with Gasteiger partial charge in [0, 0.05) is 12.1 Å². The minimum absolute atomic E-state index is 0.0618. The zero-order valence-electron chi connectivity index (χ0n) is 15.8. The van der Waals surface area contributed by atoms with Crippen molar-refractivity contribution in [3.8, 4) is 5.75 Å². The first-order valence-corrected chi connectivity index (χ1v) is 9.53. The largest absolute Gasteiger partial charge is 0.573 e. The summed E-state index contributed by atoms with van der Waals surface area (Å²) in [5.74, 6) is -0.851. The number of methoxy groups -OCH3 is 1. The van der Waals surface area contributed by atoms with Crippen molar-refractivity contribution in [3.05, 3.63) is 35.4 Å². The van der Waals surface area contributed by atoms with Gasteiger partial charge in [0.15, 0.2) is 0 Å². The zero-order valence-corrected chi connectivity index (χ0v) is 15.8. The number of hydrogen-bond acceptors (Lipinski definition) is 4. The molecular formula is C20H21F3N2O4. The van der Waals surface area contributed by atoms with Gasteiger partial charge < -0.3 is 19.7 Å². The highest BCUT2D eigenvalue weighted by atomic mass is 19.4. The van der Waals surface area contributed by atoms with E-state index in [4.69, 9.17) is 4.74 Å². The van der Waals surface area contributed by atoms with E-state index in [1.165, 1.54) is 31.4 Å². The van der Waals surface area contributed by atoms with Gasteiger partial charge in [-0.2, -0.15) is 0 Å². The highest BCUT2D eigenvalue weighted by Gasteiger charge is 2.47. The summed E-state index contributed by atoms with van der Waals surface area (Å²) in [6.07, 6.45) is -0.998. The number of carbonyl (C=O) groups is 2. The third-order valence-corrected chi connectivity index (χ3v) is 5.58. The monoisotopic (exact) mass is 410 g/mol. The number of nitrogens with one attached hydrogen (secondary N) is 1. The molecule has 4 rings (SSSR count). The van der Waals surface area contributed by atoms with Crippen LogP contribution in [0.2, 0.25) is 0 Å². The summed E-state index contributed by atoms with van der Waals surface area (Å²) in [4.78, 5) is 27.0. The molecule has 2 heterocycles. The Morgan fingerprint density at radius 2 is 1.79 bits per heavy atom. The fraction of sp³-hybridized carbons (Fsp3) is 0.500. The van der Waals surface area contributed by atoms with Crippen LogP contribution < -0.4 is 10.1 Å². The third-order valence-electron chi connectivity index (χ3n) is 5.58. The van der Waals surface area contributed by atoms with Gasteiger partial charge in [0.25, 0.3) is 0 Å². The minimum atomic E-state index is -4.77. The van der Waals surface area contributed by atoms with Gasteiger partial charge in [-0.25, -0.2) is 9.59 Å². The first kappa shape index (κ1) is 19.6. The van der Waals surface area contributed by atoms with Crippen LogP contribution in [0.15, 0.2) is 29.8 Å². The van der Waals surface area contributed by atoms with Crippen LogP contribution in [-0.4, -0.2) is 48.5 Å². The van der Waals surface area contributed by atoms with Crippen molar-refractivity contribution in [2.45, 2.75) is 56.6 Å². The van der Waals surface area contributed by atoms with Gasteiger partial charge in [-0.15, -0.1) is 13.2 Å². The Kier molecular flexibility index (Phi) is 4.92. The van der Waals surface area contributed by atoms with Crippen molar-refractivity contribution >= 4 is 17.6 Å². The lowest BCUT2D eigenvalue weighted by Crippen LogP contribution is -2.51. The quantitative estimate of drug-likeness (QED) is 0.770. The van der Waals surface area contributed by atoms with Gasteiger partial charge in [0.2, 0.25) is 0 Å². The van der Waals surface area contributed by atoms with E-state index >= 15 is 0 Å². The van der Waals surface area contributed by atoms with Crippen LogP contribution >= 0.6 is 0 Å². The number of benzene rings is 1. The molecule has 6 nitrogen and oxygen atoms in total. The predicted octanol–water partition coefficient (Wildman–Crippen LogP) is 3.62. The molecule has 1 saturated carbocycles. The van der Waals surface area contributed by atoms with E-state index < -0.39 is 18.4 Å². The Balaban J connectivity index is 1.65. The molecule has 2 fully saturated rings. The number of alkyl halides is 3. The summed E-state index contributed by atoms with van der Waals surface area (Å²) in [7, 11) is 1.28. The van der Waals surface area contributed by atoms with Gasteiger partial charge in [-0.1, -0.05) is 12.1 Å². The number of nitrogens with zero attached hydrogens (tertiary/aromatic N) is 1. The molecule has 1 aromatic carbocycles. The molecule has 1 aliphatic carbocycles. The molecule has 0 unspecified atom stereocenters. The van der Waals surface area contributed by atoms with Crippen LogP contribution in [0, 0.1) is 0 Å². The first-order valence-electron chi connectivity index (χ1n) is 9.53. The van der Waals surface area contributed by atoms with Crippen molar-refractivity contribution in [1.29, 1.82) is 0 Å². The molecule has 2 bridgehead atoms. The molecule has 156 valence electrons. The van der Waals surface area contributed by atoms with E-state index in [-0.39, 0.29) is 23.9 Å². The number of amides is 2. The summed E-state index contributed by atoms with van der Waals surface area (Å²) in [6, 6.07) is 5.01. The van der Waals surface area contributed by atoms with Crippen LogP contribution in [-0.2, 0) is 9.53 Å². The number of carbonyl (C=O) groups excluding carboxylic acids is 2. The van der Waals surface area contributed by atoms with Crippen LogP contribution in [0.4, 0.5) is 18.0 Å². The number of halogens is 3. The van der Waals surface area contributed by atoms with Gasteiger partial charge in [-0.05, 0) is 55.4 Å². The lowest BCUT2D eigenvalue weighted by molar-refractivity contribution is -0.274. The highest BCUT2D eigenvalue weighted by molar-refractivity contribution is 6.01. The van der Waals surface area contributed by atoms with Gasteiger partial charge in [-0.3, -0.25) is 0 Å². The van der Waals surface area contributed by atoms with Crippen molar-refractivity contribution in [2.75, 3.05) is 7.11 Å². The SMILES string of the molecule is COC(=O)C1=C(c2ccc(OC(F)(F)F)cc2)C[C@@H]2CC[C@H]1N2C(=O)NC1CC1. The molecule has 9 heteroatoms. The second kappa shape index (κ2) is 7.27. The van der Waals surface area contributed by atoms with Crippen molar-refractivity contribution < 1.29 is 32.2 Å². The van der Waals surface area contributed by atoms with Gasteiger partial charge in [0.1, 0.15) is 5.75 Å². The predicted molar refractivity (Wildman–Crippen MR) is 96.9 cm³/mol. The topological polar surface area (TPSA) is 67.9 Å². The molecule has 0 radical (unpaired) electrons. The van der Waals surface area contributed by atoms with E-state index in [1.54, 1.807) is 4.90 Å². The summed E-state index contributed by atoms with van der Waals surface area (Å²) in [6.45, 7) is 0. The summed E-state index contributed by atoms with van der Waals surface area (Å²) < 4.78 is 46.1. The Bertz CT molecular complexity index is 846. The normalized spacial score (nSPS) is 23.8. The maximum Gasteiger partial charge on any atom is 0.573 e. The number of fused-ring (bicyclic) bond motifs is 2. The van der Waals surface area contributed by atoms with E-state index in [0.717, 1.165) is 19.3 Å². The molecule has 2 amide bonds. The van der Waals surface area contributed by atoms with E-state index in [2.05, 4.69) is 10.1 Å². The summed E-state index contributed by atoms with van der Waals surface area (Å²) in [5.41, 5.74) is 1.73. The van der Waals surface area contributed by atoms with Crippen molar-refractivity contribution in [3.63, 3.8) is 0 Å². The zero-order chi connectivity index (χ0) is 20.8. The molecule has 2 aliphatic heterocycles. The molecule has 0 spiro atoms. The first-order chi connectivity index (χ1) is 13.8. The second-order valence-electron chi connectivity index (χ2n) is 7.54. The summed E-state index contributed by atoms with van der Waals surface area (Å²) in [5, 5.41) is 2.97. The average molecular weight is 410 g/mol. The van der Waals surface area contributed by atoms with Gasteiger partial charge >= 0.3 is 18.4 Å². The van der Waals surface area contributed by atoms with Crippen LogP contribution in [0.25, 0.3) is 5.57 Å². The Morgan fingerprint density at radius 1 is 1.10 bits per heavy atom. The standard InChI is InChI=1S/C20H21F3N2O4/c1-28-18(26)17-15(11-2-7-14(8-3-11)29-20(21,22)23)10-13-6-9-16(17)25(13)19(27)24-12-4-5-12/h2-3,7-8,12-13,16H,4-6,9-10H2,1H3,(H,24,27)/t13-,16+/m0/s1. The maximum absolute atomic E-state index is 12.7. The fourth-order valence-corrected chi connectivity index (χ4v) is 4.20. The van der Waals surface area contributed by atoms with Crippen LogP contribution in [0.5, 0.6) is 5.75 Å². The number of ether oxygens (including phenoxy) is 2. The molecule has 2 atom stereocenters. The Hall–Kier alpha value is -2.71. The maximum atomic E-state index is 12.7. The lowest BCUT2D eigenvalue weighted by Gasteiger charge is -2.37. The Morgan fingerprint density at radius 3 is 2.38 bits per heavy atom. The summed E-state index contributed by atoms with van der Waals surface area (Å²) >= 11 is 0. The molecule has 1 saturated heterocycles. The van der Waals surface area contributed by atoms with Crippen molar-refractivity contribution in [2.24, 2.45) is 0 Å². The fourth-order valence-electron chi connectivity index (χ4n) is 4.20. The number of rotatable bonds is 4. The lowest BCUT2D eigenvalue weighted by atomic mass is 9.88. The second-order valence-corrected chi connectivity index (χ2v) is 7.54. The van der Waals surface area contributed by atoms with E-state index in [9.17, 15) is 22.8 Å². The number of hydrogen-bond donors (Lipinski definition) is 1. The third kappa shape index (κ3) is 4.04. The van der Waals surface area contributed by atoms with Crippen LogP contribution in [0.3, 0.4) is 0 Å². The highest BCUT2D eigenvalue weighted by Crippen LogP contribution is 2.44. The Labute approximate surface area is 165 Å². The number of urea groups is 1. The number of esters is 1. The molecule has 1 N–H and O–H groups in total. The average Bonchev–Trinajstić information content (AvgIpc) is 3.42. The minimum Gasteiger partial charge on any atom is -0.466 e. The van der Waals surface area contributed by atoms with Gasteiger partial charge in [0.05, 0.1) is 18.7 Å². The van der Waals surface area contributed by atoms with Crippen LogP contribution in [0.1, 0.15) is 37.7 Å². The van der Waals surface area contributed by atoms with Crippen molar-refractivity contribution in [1.82, 2.24) is 10.2 Å². The molecular weight excluding hydrogens is 389 g/mol. The molecule has 29 heavy (non-hydrogen) atoms.